The van der Waals surface area contributed by atoms with E-state index in [0.29, 0.717) is 10.6 Å². The molecule has 0 spiro atoms. The van der Waals surface area contributed by atoms with E-state index in [1.54, 1.807) is 7.05 Å². The van der Waals surface area contributed by atoms with Gasteiger partial charge in [0.1, 0.15) is 5.82 Å². The number of aryl methyl sites for hydroxylation is 1. The Morgan fingerprint density at radius 2 is 2.11 bits per heavy atom. The minimum Gasteiger partial charge on any atom is -0.384 e. The van der Waals surface area contributed by atoms with Gasteiger partial charge in [-0.15, -0.1) is 0 Å². The number of hydrogen-bond donors (Lipinski definition) is 1. The van der Waals surface area contributed by atoms with Gasteiger partial charge in [0.25, 0.3) is 5.91 Å². The maximum Gasteiger partial charge on any atom is 0.259 e. The molecule has 19 heavy (non-hydrogen) atoms. The van der Waals surface area contributed by atoms with Gasteiger partial charge in [0.2, 0.25) is 0 Å². The normalized spacial score (nSPS) is 10.3. The fourth-order valence-corrected chi connectivity index (χ4v) is 1.94. The maximum atomic E-state index is 12.4. The Hall–Kier alpha value is -2.07. The molecule has 2 aromatic rings. The van der Waals surface area contributed by atoms with Crippen LogP contribution in [0.2, 0.25) is 5.02 Å². The van der Waals surface area contributed by atoms with Crippen LogP contribution in [0.15, 0.2) is 36.5 Å². The van der Waals surface area contributed by atoms with Gasteiger partial charge < -0.3 is 10.6 Å². The second-order valence-electron chi connectivity index (χ2n) is 4.29. The Morgan fingerprint density at radius 1 is 1.37 bits per heavy atom. The average Bonchev–Trinajstić information content (AvgIpc) is 2.40. The molecule has 98 valence electrons. The maximum absolute atomic E-state index is 12.4. The lowest BCUT2D eigenvalue weighted by atomic mass is 10.2. The number of benzene rings is 1. The van der Waals surface area contributed by atoms with Crippen molar-refractivity contribution in [1.82, 2.24) is 4.98 Å². The first-order valence-corrected chi connectivity index (χ1v) is 6.12. The van der Waals surface area contributed by atoms with Crippen molar-refractivity contribution in [2.24, 2.45) is 0 Å². The molecular formula is C14H14ClN3O. The van der Waals surface area contributed by atoms with Crippen molar-refractivity contribution < 1.29 is 4.79 Å². The number of nitrogens with two attached hydrogens (primary N) is 1. The van der Waals surface area contributed by atoms with Gasteiger partial charge in [0.05, 0.1) is 10.6 Å². The summed E-state index contributed by atoms with van der Waals surface area (Å²) >= 11 is 5.99. The van der Waals surface area contributed by atoms with Crippen LogP contribution < -0.4 is 10.6 Å². The Labute approximate surface area is 116 Å². The van der Waals surface area contributed by atoms with Gasteiger partial charge in [-0.2, -0.15) is 0 Å². The van der Waals surface area contributed by atoms with E-state index in [1.165, 1.54) is 17.2 Å². The van der Waals surface area contributed by atoms with Crippen LogP contribution in [0.4, 0.5) is 11.5 Å². The van der Waals surface area contributed by atoms with E-state index in [1.807, 2.05) is 31.2 Å². The minimum atomic E-state index is -0.218. The zero-order valence-electron chi connectivity index (χ0n) is 10.7. The third kappa shape index (κ3) is 2.85. The predicted octanol–water partition coefficient (Wildman–Crippen LogP) is 2.90. The molecule has 5 heteroatoms. The summed E-state index contributed by atoms with van der Waals surface area (Å²) < 4.78 is 0. The van der Waals surface area contributed by atoms with E-state index >= 15 is 0 Å². The first kappa shape index (κ1) is 13.4. The number of hydrogen-bond acceptors (Lipinski definition) is 3. The molecule has 0 aliphatic heterocycles. The van der Waals surface area contributed by atoms with Gasteiger partial charge >= 0.3 is 0 Å². The first-order valence-electron chi connectivity index (χ1n) is 5.75. The Balaban J connectivity index is 2.36. The summed E-state index contributed by atoms with van der Waals surface area (Å²) in [6.07, 6.45) is 1.38. The topological polar surface area (TPSA) is 59.2 Å². The minimum absolute atomic E-state index is 0.218. The molecular weight excluding hydrogens is 262 g/mol. The van der Waals surface area contributed by atoms with E-state index in [4.69, 9.17) is 17.3 Å². The molecule has 0 aliphatic rings. The number of nitrogen functional groups attached to an aromatic ring is 1. The van der Waals surface area contributed by atoms with Gasteiger partial charge in [0, 0.05) is 18.9 Å². The highest BCUT2D eigenvalue weighted by molar-refractivity contribution is 6.34. The lowest BCUT2D eigenvalue weighted by Gasteiger charge is -2.18. The molecule has 0 bridgehead atoms. The largest absolute Gasteiger partial charge is 0.384 e. The summed E-state index contributed by atoms with van der Waals surface area (Å²) in [6.45, 7) is 1.97. The number of rotatable bonds is 2. The summed E-state index contributed by atoms with van der Waals surface area (Å²) in [5, 5.41) is 0.290. The Morgan fingerprint density at radius 3 is 2.79 bits per heavy atom. The number of pyridine rings is 1. The van der Waals surface area contributed by atoms with Crippen LogP contribution in [0.25, 0.3) is 0 Å². The van der Waals surface area contributed by atoms with Crippen LogP contribution in [0.1, 0.15) is 15.9 Å². The van der Waals surface area contributed by atoms with Crippen molar-refractivity contribution in [2.45, 2.75) is 6.92 Å². The lowest BCUT2D eigenvalue weighted by molar-refractivity contribution is 0.0993. The molecule has 0 aliphatic carbocycles. The summed E-state index contributed by atoms with van der Waals surface area (Å²) in [5.41, 5.74) is 7.82. The average molecular weight is 276 g/mol. The van der Waals surface area contributed by atoms with E-state index in [-0.39, 0.29) is 11.7 Å². The van der Waals surface area contributed by atoms with Crippen LogP contribution in [-0.4, -0.2) is 17.9 Å². The van der Waals surface area contributed by atoms with Crippen molar-refractivity contribution >= 4 is 29.0 Å². The molecule has 1 aromatic heterocycles. The number of carbonyl (C=O) groups excluding carboxylic acids is 1. The van der Waals surface area contributed by atoms with E-state index in [2.05, 4.69) is 4.98 Å². The second-order valence-corrected chi connectivity index (χ2v) is 4.70. The van der Waals surface area contributed by atoms with Crippen LogP contribution >= 0.6 is 11.6 Å². The highest BCUT2D eigenvalue weighted by Gasteiger charge is 2.17. The van der Waals surface area contributed by atoms with Gasteiger partial charge in [-0.05, 0) is 30.7 Å². The van der Waals surface area contributed by atoms with Crippen LogP contribution in [0.3, 0.4) is 0 Å². The zero-order chi connectivity index (χ0) is 14.0. The summed E-state index contributed by atoms with van der Waals surface area (Å²) in [7, 11) is 1.70. The highest BCUT2D eigenvalue weighted by Crippen LogP contribution is 2.22. The van der Waals surface area contributed by atoms with E-state index in [0.717, 1.165) is 11.3 Å². The van der Waals surface area contributed by atoms with Crippen molar-refractivity contribution in [3.8, 4) is 0 Å². The molecule has 4 nitrogen and oxygen atoms in total. The Bertz CT molecular complexity index is 628. The fraction of sp³-hybridized carbons (Fsp3) is 0.143. The molecule has 2 N–H and O–H groups in total. The van der Waals surface area contributed by atoms with Crippen molar-refractivity contribution in [2.75, 3.05) is 17.7 Å². The SMILES string of the molecule is Cc1cccc(N(C)C(=O)c2cc(N)ncc2Cl)c1. The van der Waals surface area contributed by atoms with Gasteiger partial charge in [0.15, 0.2) is 0 Å². The van der Waals surface area contributed by atoms with Crippen LogP contribution in [-0.2, 0) is 0 Å². The predicted molar refractivity (Wildman–Crippen MR) is 77.6 cm³/mol. The van der Waals surface area contributed by atoms with Gasteiger partial charge in [-0.3, -0.25) is 4.79 Å². The highest BCUT2D eigenvalue weighted by atomic mass is 35.5. The molecule has 2 rings (SSSR count). The monoisotopic (exact) mass is 275 g/mol. The third-order valence-electron chi connectivity index (χ3n) is 2.80. The molecule has 1 amide bonds. The number of anilines is 2. The molecule has 0 atom stereocenters. The van der Waals surface area contributed by atoms with Gasteiger partial charge in [-0.25, -0.2) is 4.98 Å². The number of amides is 1. The molecule has 0 saturated heterocycles. The van der Waals surface area contributed by atoms with Crippen molar-refractivity contribution in [1.29, 1.82) is 0 Å². The van der Waals surface area contributed by atoms with Crippen molar-refractivity contribution in [3.63, 3.8) is 0 Å². The standard InChI is InChI=1S/C14H14ClN3O/c1-9-4-3-5-10(6-9)18(2)14(19)11-7-13(16)17-8-12(11)15/h3-8H,1-2H3,(H2,16,17). The molecule has 0 radical (unpaired) electrons. The van der Waals surface area contributed by atoms with Crippen molar-refractivity contribution in [3.05, 3.63) is 52.7 Å². The lowest BCUT2D eigenvalue weighted by Crippen LogP contribution is -2.26. The van der Waals surface area contributed by atoms with Gasteiger partial charge in [-0.1, -0.05) is 23.7 Å². The van der Waals surface area contributed by atoms with Crippen LogP contribution in [0, 0.1) is 6.92 Å². The molecule has 0 fully saturated rings. The molecule has 1 heterocycles. The second kappa shape index (κ2) is 5.28. The van der Waals surface area contributed by atoms with E-state index in [9.17, 15) is 4.79 Å². The molecule has 0 unspecified atom stereocenters. The van der Waals surface area contributed by atoms with E-state index < -0.39 is 0 Å². The first-order chi connectivity index (χ1) is 8.99. The summed E-state index contributed by atoms with van der Waals surface area (Å²) in [4.78, 5) is 17.8. The summed E-state index contributed by atoms with van der Waals surface area (Å²) in [5.74, 6) is 0.0510. The quantitative estimate of drug-likeness (QED) is 0.917. The smallest absolute Gasteiger partial charge is 0.259 e. The number of halogens is 1. The number of nitrogens with zero attached hydrogens (tertiary/aromatic N) is 2. The molecule has 0 saturated carbocycles. The fourth-order valence-electron chi connectivity index (χ4n) is 1.75. The zero-order valence-corrected chi connectivity index (χ0v) is 11.5. The summed E-state index contributed by atoms with van der Waals surface area (Å²) in [6, 6.07) is 9.15. The number of aromatic nitrogens is 1. The number of carbonyl (C=O) groups is 1. The van der Waals surface area contributed by atoms with Crippen LogP contribution in [0.5, 0.6) is 0 Å². The molecule has 1 aromatic carbocycles. The third-order valence-corrected chi connectivity index (χ3v) is 3.10. The Kier molecular flexibility index (Phi) is 3.71.